The first-order valence-electron chi connectivity index (χ1n) is 7.28. The molecule has 8 nitrogen and oxygen atoms in total. The van der Waals surface area contributed by atoms with Crippen LogP contribution < -0.4 is 4.72 Å². The summed E-state index contributed by atoms with van der Waals surface area (Å²) in [5.74, 6) is 1.78. The molecule has 0 aliphatic rings. The smallest absolute Gasteiger partial charge is 0.241 e. The van der Waals surface area contributed by atoms with E-state index < -0.39 is 16.1 Å². The molecule has 24 heavy (non-hydrogen) atoms. The predicted molar refractivity (Wildman–Crippen MR) is 86.4 cm³/mol. The van der Waals surface area contributed by atoms with E-state index in [-0.39, 0.29) is 4.90 Å². The number of hydrogen-bond acceptors (Lipinski definition) is 6. The van der Waals surface area contributed by atoms with Crippen molar-refractivity contribution in [2.24, 2.45) is 7.05 Å². The van der Waals surface area contributed by atoms with Crippen molar-refractivity contribution in [1.82, 2.24) is 24.9 Å². The quantitative estimate of drug-likeness (QED) is 0.755. The van der Waals surface area contributed by atoms with Crippen molar-refractivity contribution in [3.05, 3.63) is 47.9 Å². The minimum absolute atomic E-state index is 0.137. The maximum absolute atomic E-state index is 12.6. The second-order valence-electron chi connectivity index (χ2n) is 5.45. The molecule has 0 amide bonds. The summed E-state index contributed by atoms with van der Waals surface area (Å²) >= 11 is 0. The minimum Gasteiger partial charge on any atom is -0.465 e. The third-order valence-electron chi connectivity index (χ3n) is 3.54. The van der Waals surface area contributed by atoms with Gasteiger partial charge in [0.05, 0.1) is 10.9 Å². The van der Waals surface area contributed by atoms with E-state index in [1.54, 1.807) is 38.2 Å². The Hall–Kier alpha value is -2.52. The summed E-state index contributed by atoms with van der Waals surface area (Å²) in [6, 6.07) is 9.53. The highest BCUT2D eigenvalue weighted by atomic mass is 32.2. The Morgan fingerprint density at radius 1 is 1.25 bits per heavy atom. The van der Waals surface area contributed by atoms with Crippen LogP contribution >= 0.6 is 0 Å². The molecule has 9 heteroatoms. The largest absolute Gasteiger partial charge is 0.465 e. The number of nitrogens with one attached hydrogen (secondary N) is 1. The van der Waals surface area contributed by atoms with Crippen LogP contribution in [0.4, 0.5) is 0 Å². The van der Waals surface area contributed by atoms with Gasteiger partial charge in [-0.1, -0.05) is 12.1 Å². The van der Waals surface area contributed by atoms with Crippen LogP contribution in [0.1, 0.15) is 24.5 Å². The van der Waals surface area contributed by atoms with E-state index in [2.05, 4.69) is 20.2 Å². The Bertz CT molecular complexity index is 961. The number of hydrogen-bond donors (Lipinski definition) is 1. The van der Waals surface area contributed by atoms with Gasteiger partial charge in [-0.15, -0.1) is 5.10 Å². The van der Waals surface area contributed by atoms with Gasteiger partial charge in [-0.05, 0) is 48.5 Å². The lowest BCUT2D eigenvalue weighted by atomic mass is 10.2. The summed E-state index contributed by atoms with van der Waals surface area (Å²) < 4.78 is 34.8. The molecule has 0 saturated carbocycles. The van der Waals surface area contributed by atoms with Crippen LogP contribution in [0, 0.1) is 6.92 Å². The Morgan fingerprint density at radius 2 is 2.04 bits per heavy atom. The summed E-state index contributed by atoms with van der Waals surface area (Å²) in [5, 5.41) is 11.2. The van der Waals surface area contributed by atoms with Crippen LogP contribution in [0.15, 0.2) is 45.7 Å². The number of aryl methyl sites for hydroxylation is 2. The maximum atomic E-state index is 12.6. The van der Waals surface area contributed by atoms with Gasteiger partial charge in [0.1, 0.15) is 11.5 Å². The molecule has 0 fully saturated rings. The number of benzene rings is 1. The monoisotopic (exact) mass is 347 g/mol. The molecule has 0 spiro atoms. The molecule has 0 radical (unpaired) electrons. The highest BCUT2D eigenvalue weighted by Crippen LogP contribution is 2.22. The standard InChI is InChI=1S/C15H17N5O3S/c1-10-7-8-14(23-10)11(2)17-24(21,22)13-6-4-5-12(9-13)15-16-18-19-20(15)3/h4-9,11,17H,1-3H3. The summed E-state index contributed by atoms with van der Waals surface area (Å²) in [6.45, 7) is 3.54. The molecule has 3 aromatic rings. The second-order valence-corrected chi connectivity index (χ2v) is 7.16. The fraction of sp³-hybridized carbons (Fsp3) is 0.267. The number of furan rings is 1. The van der Waals surface area contributed by atoms with Crippen LogP contribution in [0.2, 0.25) is 0 Å². The zero-order valence-corrected chi connectivity index (χ0v) is 14.3. The van der Waals surface area contributed by atoms with Crippen molar-refractivity contribution in [2.75, 3.05) is 0 Å². The van der Waals surface area contributed by atoms with Gasteiger partial charge in [0.15, 0.2) is 5.82 Å². The topological polar surface area (TPSA) is 103 Å². The normalized spacial score (nSPS) is 13.1. The summed E-state index contributed by atoms with van der Waals surface area (Å²) in [6.07, 6.45) is 0. The second kappa shape index (κ2) is 6.17. The van der Waals surface area contributed by atoms with Crippen LogP contribution in [-0.4, -0.2) is 28.6 Å². The molecule has 0 aliphatic carbocycles. The van der Waals surface area contributed by atoms with Gasteiger partial charge < -0.3 is 4.42 Å². The summed E-state index contributed by atoms with van der Waals surface area (Å²) in [5.41, 5.74) is 0.617. The van der Waals surface area contributed by atoms with Crippen LogP contribution in [0.3, 0.4) is 0 Å². The fourth-order valence-electron chi connectivity index (χ4n) is 2.32. The molecule has 3 rings (SSSR count). The van der Waals surface area contributed by atoms with E-state index in [4.69, 9.17) is 4.42 Å². The van der Waals surface area contributed by atoms with Crippen molar-refractivity contribution in [3.8, 4) is 11.4 Å². The third-order valence-corrected chi connectivity index (χ3v) is 5.08. The lowest BCUT2D eigenvalue weighted by molar-refractivity contribution is 0.441. The van der Waals surface area contributed by atoms with Gasteiger partial charge in [-0.25, -0.2) is 17.8 Å². The van der Waals surface area contributed by atoms with Crippen molar-refractivity contribution >= 4 is 10.0 Å². The molecule has 1 atom stereocenters. The average molecular weight is 347 g/mol. The minimum atomic E-state index is -3.71. The molecule has 0 saturated heterocycles. The SMILES string of the molecule is Cc1ccc(C(C)NS(=O)(=O)c2cccc(-c3nnnn3C)c2)o1. The predicted octanol–water partition coefficient (Wildman–Crippen LogP) is 1.82. The van der Waals surface area contributed by atoms with Gasteiger partial charge in [0, 0.05) is 12.6 Å². The van der Waals surface area contributed by atoms with E-state index in [1.807, 2.05) is 6.92 Å². The molecular formula is C15H17N5O3S. The highest BCUT2D eigenvalue weighted by molar-refractivity contribution is 7.89. The first kappa shape index (κ1) is 16.3. The van der Waals surface area contributed by atoms with Crippen molar-refractivity contribution in [1.29, 1.82) is 0 Å². The van der Waals surface area contributed by atoms with E-state index in [0.29, 0.717) is 17.1 Å². The molecular weight excluding hydrogens is 330 g/mol. The summed E-state index contributed by atoms with van der Waals surface area (Å²) in [4.78, 5) is 0.137. The van der Waals surface area contributed by atoms with E-state index in [9.17, 15) is 8.42 Å². The van der Waals surface area contributed by atoms with Gasteiger partial charge in [0.25, 0.3) is 0 Å². The Balaban J connectivity index is 1.89. The molecule has 2 aromatic heterocycles. The number of aromatic nitrogens is 4. The van der Waals surface area contributed by atoms with E-state index >= 15 is 0 Å². The van der Waals surface area contributed by atoms with Crippen LogP contribution in [0.5, 0.6) is 0 Å². The Kier molecular flexibility index (Phi) is 4.20. The third kappa shape index (κ3) is 3.22. The van der Waals surface area contributed by atoms with Crippen LogP contribution in [0.25, 0.3) is 11.4 Å². The first-order chi connectivity index (χ1) is 11.4. The molecule has 1 aromatic carbocycles. The molecule has 0 aliphatic heterocycles. The van der Waals surface area contributed by atoms with Gasteiger partial charge in [-0.3, -0.25) is 0 Å². The molecule has 126 valence electrons. The highest BCUT2D eigenvalue weighted by Gasteiger charge is 2.21. The zero-order valence-electron chi connectivity index (χ0n) is 13.5. The van der Waals surface area contributed by atoms with Crippen molar-refractivity contribution in [3.63, 3.8) is 0 Å². The van der Waals surface area contributed by atoms with E-state index in [1.165, 1.54) is 16.8 Å². The first-order valence-corrected chi connectivity index (χ1v) is 8.76. The lowest BCUT2D eigenvalue weighted by Gasteiger charge is -2.12. The molecule has 1 unspecified atom stereocenters. The molecule has 0 bridgehead atoms. The summed E-state index contributed by atoms with van der Waals surface area (Å²) in [7, 11) is -2.02. The van der Waals surface area contributed by atoms with Crippen LogP contribution in [-0.2, 0) is 17.1 Å². The average Bonchev–Trinajstić information content (AvgIpc) is 3.15. The Morgan fingerprint density at radius 3 is 2.67 bits per heavy atom. The van der Waals surface area contributed by atoms with E-state index in [0.717, 1.165) is 5.76 Å². The number of nitrogens with zero attached hydrogens (tertiary/aromatic N) is 4. The van der Waals surface area contributed by atoms with Gasteiger partial charge in [0.2, 0.25) is 10.0 Å². The van der Waals surface area contributed by atoms with Gasteiger partial charge >= 0.3 is 0 Å². The van der Waals surface area contributed by atoms with Crippen molar-refractivity contribution in [2.45, 2.75) is 24.8 Å². The number of rotatable bonds is 5. The molecule has 1 N–H and O–H groups in total. The molecule has 2 heterocycles. The zero-order chi connectivity index (χ0) is 17.3. The van der Waals surface area contributed by atoms with Gasteiger partial charge in [-0.2, -0.15) is 0 Å². The maximum Gasteiger partial charge on any atom is 0.241 e. The Labute approximate surface area is 139 Å². The van der Waals surface area contributed by atoms with Crippen molar-refractivity contribution < 1.29 is 12.8 Å². The number of tetrazole rings is 1. The number of sulfonamides is 1. The lowest BCUT2D eigenvalue weighted by Crippen LogP contribution is -2.26. The fourth-order valence-corrected chi connectivity index (χ4v) is 3.58.